The molecule has 15 heteroatoms. The van der Waals surface area contributed by atoms with Gasteiger partial charge < -0.3 is 14.7 Å². The Morgan fingerprint density at radius 3 is 2.25 bits per heavy atom. The van der Waals surface area contributed by atoms with Crippen LogP contribution in [0.25, 0.3) is 0 Å². The van der Waals surface area contributed by atoms with Crippen molar-refractivity contribution in [3.05, 3.63) is 81.0 Å². The van der Waals surface area contributed by atoms with Crippen molar-refractivity contribution in [3.8, 4) is 6.07 Å². The first kappa shape index (κ1) is 37.2. The predicted octanol–water partition coefficient (Wildman–Crippen LogP) is 4.16. The number of likely N-dealkylation sites (tertiary alicyclic amines) is 1. The van der Waals surface area contributed by atoms with E-state index in [0.717, 1.165) is 85.8 Å². The van der Waals surface area contributed by atoms with Gasteiger partial charge >= 0.3 is 0 Å². The summed E-state index contributed by atoms with van der Waals surface area (Å²) in [6, 6.07) is 14.6. The maximum Gasteiger partial charge on any atom is 0.274 e. The number of amides is 5. The number of fused-ring (bicyclic) bond motifs is 2. The van der Waals surface area contributed by atoms with Gasteiger partial charge in [0.25, 0.3) is 17.7 Å². The fourth-order valence-corrected chi connectivity index (χ4v) is 10.2. The van der Waals surface area contributed by atoms with Crippen molar-refractivity contribution in [2.45, 2.75) is 77.0 Å². The lowest BCUT2D eigenvalue weighted by Gasteiger charge is -2.39. The third kappa shape index (κ3) is 6.80. The number of anilines is 2. The van der Waals surface area contributed by atoms with Gasteiger partial charge in [-0.15, -0.1) is 10.2 Å². The second-order valence-electron chi connectivity index (χ2n) is 16.7. The number of nitriles is 1. The van der Waals surface area contributed by atoms with Crippen LogP contribution in [0, 0.1) is 22.7 Å². The molecule has 57 heavy (non-hydrogen) atoms. The fourth-order valence-electron chi connectivity index (χ4n) is 10.0. The molecule has 7 heterocycles. The summed E-state index contributed by atoms with van der Waals surface area (Å²) in [5.74, 6) is -0.887. The van der Waals surface area contributed by atoms with Gasteiger partial charge in [-0.3, -0.25) is 39.1 Å². The molecule has 6 aliphatic heterocycles. The first-order valence-corrected chi connectivity index (χ1v) is 20.3. The Hall–Kier alpha value is -5.39. The Balaban J connectivity index is 0.745. The predicted molar refractivity (Wildman–Crippen MR) is 209 cm³/mol. The minimum atomic E-state index is -0.975. The van der Waals surface area contributed by atoms with Crippen LogP contribution in [0.2, 0.25) is 5.02 Å². The number of nitrogens with zero attached hydrogens (tertiary/aromatic N) is 8. The van der Waals surface area contributed by atoms with E-state index in [1.54, 1.807) is 24.3 Å². The lowest BCUT2D eigenvalue weighted by Crippen LogP contribution is -2.54. The Bertz CT molecular complexity index is 2180. The minimum absolute atomic E-state index is 0.0880. The number of piperidine rings is 3. The smallest absolute Gasteiger partial charge is 0.274 e. The van der Waals surface area contributed by atoms with Crippen LogP contribution in [-0.4, -0.2) is 106 Å². The van der Waals surface area contributed by atoms with Crippen molar-refractivity contribution in [2.75, 3.05) is 49.1 Å². The van der Waals surface area contributed by atoms with E-state index in [0.29, 0.717) is 65.5 Å². The highest BCUT2D eigenvalue weighted by molar-refractivity contribution is 6.32. The van der Waals surface area contributed by atoms with Crippen molar-refractivity contribution >= 4 is 52.6 Å². The molecule has 3 aromatic rings. The molecule has 0 bridgehead atoms. The number of imide groups is 2. The summed E-state index contributed by atoms with van der Waals surface area (Å²) in [5.41, 5.74) is 4.75. The minimum Gasteiger partial charge on any atom is -0.368 e. The molecule has 5 amide bonds. The number of benzene rings is 2. The van der Waals surface area contributed by atoms with Crippen molar-refractivity contribution < 1.29 is 24.0 Å². The molecular formula is C42H44ClN9O5. The lowest BCUT2D eigenvalue weighted by molar-refractivity contribution is -0.136. The first-order chi connectivity index (χ1) is 27.5. The van der Waals surface area contributed by atoms with Gasteiger partial charge in [0.15, 0.2) is 11.5 Å². The third-order valence-electron chi connectivity index (χ3n) is 13.2. The Kier molecular flexibility index (Phi) is 9.48. The van der Waals surface area contributed by atoms with E-state index in [2.05, 4.69) is 43.2 Å². The van der Waals surface area contributed by atoms with Crippen LogP contribution >= 0.6 is 11.6 Å². The largest absolute Gasteiger partial charge is 0.368 e. The van der Waals surface area contributed by atoms with Gasteiger partial charge in [0.1, 0.15) is 12.1 Å². The summed E-state index contributed by atoms with van der Waals surface area (Å²) in [7, 11) is 0. The Morgan fingerprint density at radius 1 is 0.930 bits per heavy atom. The van der Waals surface area contributed by atoms with Gasteiger partial charge in [-0.2, -0.15) is 5.26 Å². The highest BCUT2D eigenvalue weighted by Gasteiger charge is 2.46. The molecule has 4 saturated heterocycles. The van der Waals surface area contributed by atoms with Crippen LogP contribution in [0.1, 0.15) is 99.8 Å². The molecule has 0 radical (unpaired) electrons. The molecular weight excluding hydrogens is 746 g/mol. The molecule has 1 N–H and O–H groups in total. The van der Waals surface area contributed by atoms with Gasteiger partial charge in [0.2, 0.25) is 11.8 Å². The monoisotopic (exact) mass is 789 g/mol. The zero-order chi connectivity index (χ0) is 39.6. The second-order valence-corrected chi connectivity index (χ2v) is 17.1. The van der Waals surface area contributed by atoms with Crippen LogP contribution in [0.5, 0.6) is 0 Å². The van der Waals surface area contributed by atoms with Gasteiger partial charge in [0, 0.05) is 70.5 Å². The normalized spacial score (nSPS) is 23.6. The van der Waals surface area contributed by atoms with Gasteiger partial charge in [-0.05, 0) is 110 Å². The van der Waals surface area contributed by atoms with E-state index in [4.69, 9.17) is 11.6 Å². The van der Waals surface area contributed by atoms with Crippen molar-refractivity contribution in [2.24, 2.45) is 11.3 Å². The number of aromatic nitrogens is 2. The molecule has 2 unspecified atom stereocenters. The molecule has 294 valence electrons. The molecule has 0 saturated carbocycles. The van der Waals surface area contributed by atoms with Gasteiger partial charge in [-0.25, -0.2) is 0 Å². The standard InChI is InChI=1S/C42H44ClN9O5/c1-25-19-42(24-51(25)30-3-2-27(20-44)33(43)18-30)10-14-49(15-11-42)36-6-4-34(46-47-36)41(57)50-12-8-26(9-13-50)21-48-22-28-16-31-32(17-29(28)23-48)40(56)52(39(31)55)35-5-7-37(53)45-38(35)54/h2-4,6,16-18,25-26,35H,5,7-15,19,21-24H2,1H3,(H,45,53,54). The quantitative estimate of drug-likeness (QED) is 0.357. The number of hydrogen-bond acceptors (Lipinski definition) is 11. The molecule has 9 rings (SSSR count). The molecule has 4 fully saturated rings. The zero-order valence-corrected chi connectivity index (χ0v) is 32.6. The number of halogens is 1. The topological polar surface area (TPSA) is 163 Å². The summed E-state index contributed by atoms with van der Waals surface area (Å²) < 4.78 is 0. The molecule has 6 aliphatic rings. The average Bonchev–Trinajstić information content (AvgIpc) is 3.84. The van der Waals surface area contributed by atoms with Crippen LogP contribution in [0.4, 0.5) is 11.5 Å². The number of carbonyl (C=O) groups excluding carboxylic acids is 5. The SMILES string of the molecule is CC1CC2(CCN(c3ccc(C(=O)N4CCC(CN5Cc6cc7c(cc6C5)C(=O)N(C5CCC(=O)NC5=O)C7=O)CC4)nn3)CC2)CN1c1ccc(C#N)c(Cl)c1. The Morgan fingerprint density at radius 2 is 1.63 bits per heavy atom. The van der Waals surface area contributed by atoms with E-state index in [1.165, 1.54) is 0 Å². The highest BCUT2D eigenvalue weighted by atomic mass is 35.5. The van der Waals surface area contributed by atoms with Gasteiger partial charge in [0.05, 0.1) is 21.7 Å². The molecule has 14 nitrogen and oxygen atoms in total. The second kappa shape index (κ2) is 14.5. The number of rotatable bonds is 6. The average molecular weight is 790 g/mol. The number of carbonyl (C=O) groups is 5. The van der Waals surface area contributed by atoms with Crippen LogP contribution in [-0.2, 0) is 22.7 Å². The maximum absolute atomic E-state index is 13.5. The van der Waals surface area contributed by atoms with E-state index < -0.39 is 29.7 Å². The van der Waals surface area contributed by atoms with E-state index in [9.17, 15) is 29.2 Å². The third-order valence-corrected chi connectivity index (χ3v) is 13.5. The summed E-state index contributed by atoms with van der Waals surface area (Å²) in [4.78, 5) is 74.0. The molecule has 0 aliphatic carbocycles. The van der Waals surface area contributed by atoms with E-state index in [-0.39, 0.29) is 24.2 Å². The highest BCUT2D eigenvalue weighted by Crippen LogP contribution is 2.46. The first-order valence-electron chi connectivity index (χ1n) is 19.9. The summed E-state index contributed by atoms with van der Waals surface area (Å²) in [6.07, 6.45) is 5.11. The molecule has 2 atom stereocenters. The van der Waals surface area contributed by atoms with Crippen LogP contribution < -0.4 is 15.1 Å². The summed E-state index contributed by atoms with van der Waals surface area (Å²) in [5, 5.41) is 20.9. The van der Waals surface area contributed by atoms with Crippen LogP contribution in [0.3, 0.4) is 0 Å². The lowest BCUT2D eigenvalue weighted by atomic mass is 9.77. The molecule has 2 aromatic carbocycles. The summed E-state index contributed by atoms with van der Waals surface area (Å²) >= 11 is 6.36. The van der Waals surface area contributed by atoms with Crippen molar-refractivity contribution in [3.63, 3.8) is 0 Å². The number of nitrogens with one attached hydrogen (secondary N) is 1. The van der Waals surface area contributed by atoms with Crippen LogP contribution in [0.15, 0.2) is 42.5 Å². The zero-order valence-electron chi connectivity index (χ0n) is 31.9. The fraction of sp³-hybridized carbons (Fsp3) is 0.476. The molecule has 1 spiro atoms. The van der Waals surface area contributed by atoms with Crippen molar-refractivity contribution in [1.82, 2.24) is 30.2 Å². The van der Waals surface area contributed by atoms with Gasteiger partial charge in [-0.1, -0.05) is 11.6 Å². The summed E-state index contributed by atoms with van der Waals surface area (Å²) in [6.45, 7) is 8.39. The van der Waals surface area contributed by atoms with Crippen molar-refractivity contribution in [1.29, 1.82) is 5.26 Å². The Labute approximate surface area is 335 Å². The number of hydrogen-bond donors (Lipinski definition) is 1. The maximum atomic E-state index is 13.5. The van der Waals surface area contributed by atoms with E-state index in [1.807, 2.05) is 23.1 Å². The molecule has 1 aromatic heterocycles. The van der Waals surface area contributed by atoms with E-state index >= 15 is 0 Å².